The molecule has 118 valence electrons. The Labute approximate surface area is 118 Å². The highest BCUT2D eigenvalue weighted by molar-refractivity contribution is 5.83. The van der Waals surface area contributed by atoms with Gasteiger partial charge in [0.25, 0.3) is 0 Å². The fraction of sp³-hybridized carbons (Fsp3) is 0.583. The zero-order valence-corrected chi connectivity index (χ0v) is 11.5. The number of amides is 1. The molecule has 0 saturated heterocycles. The van der Waals surface area contributed by atoms with E-state index in [1.165, 1.54) is 0 Å². The topological polar surface area (TPSA) is 84.2 Å². The summed E-state index contributed by atoms with van der Waals surface area (Å²) in [5, 5.41) is 14.5. The summed E-state index contributed by atoms with van der Waals surface area (Å²) in [6, 6.07) is -0.337. The van der Waals surface area contributed by atoms with E-state index in [9.17, 15) is 22.8 Å². The van der Waals surface area contributed by atoms with E-state index in [2.05, 4.69) is 10.4 Å². The van der Waals surface area contributed by atoms with E-state index in [0.29, 0.717) is 6.42 Å². The first-order chi connectivity index (χ1) is 9.65. The van der Waals surface area contributed by atoms with Crippen molar-refractivity contribution in [3.8, 4) is 0 Å². The van der Waals surface area contributed by atoms with Gasteiger partial charge in [0, 0.05) is 6.20 Å². The summed E-state index contributed by atoms with van der Waals surface area (Å²) in [6.45, 7) is 2.96. The molecular weight excluding hydrogens is 291 g/mol. The Morgan fingerprint density at radius 1 is 1.48 bits per heavy atom. The van der Waals surface area contributed by atoms with E-state index in [1.54, 1.807) is 13.8 Å². The third-order valence-electron chi connectivity index (χ3n) is 3.03. The van der Waals surface area contributed by atoms with E-state index in [4.69, 9.17) is 5.11 Å². The molecule has 2 N–H and O–H groups in total. The number of alkyl halides is 3. The number of carbonyl (C=O) groups excluding carboxylic acids is 1. The second-order valence-corrected chi connectivity index (χ2v) is 4.67. The van der Waals surface area contributed by atoms with Gasteiger partial charge < -0.3 is 10.4 Å². The van der Waals surface area contributed by atoms with Crippen molar-refractivity contribution in [2.75, 3.05) is 0 Å². The fourth-order valence-corrected chi connectivity index (χ4v) is 1.65. The van der Waals surface area contributed by atoms with Gasteiger partial charge in [0.2, 0.25) is 5.91 Å². The number of aromatic nitrogens is 2. The van der Waals surface area contributed by atoms with Crippen LogP contribution in [0.15, 0.2) is 12.3 Å². The zero-order valence-electron chi connectivity index (χ0n) is 11.5. The normalized spacial score (nSPS) is 14.5. The molecule has 0 spiro atoms. The summed E-state index contributed by atoms with van der Waals surface area (Å²) in [5.41, 5.74) is -1.10. The Morgan fingerprint density at radius 3 is 2.52 bits per heavy atom. The Kier molecular flexibility index (Phi) is 5.34. The molecule has 1 heterocycles. The van der Waals surface area contributed by atoms with Crippen LogP contribution in [-0.2, 0) is 22.3 Å². The monoisotopic (exact) mass is 307 g/mol. The quantitative estimate of drug-likeness (QED) is 0.834. The molecule has 9 heteroatoms. The number of nitrogens with one attached hydrogen (secondary N) is 1. The predicted molar refractivity (Wildman–Crippen MR) is 66.3 cm³/mol. The molecule has 0 bridgehead atoms. The van der Waals surface area contributed by atoms with Crippen molar-refractivity contribution in [1.82, 2.24) is 15.1 Å². The minimum absolute atomic E-state index is 0.296. The second-order valence-electron chi connectivity index (χ2n) is 4.67. The number of rotatable bonds is 6. The third-order valence-corrected chi connectivity index (χ3v) is 3.03. The highest BCUT2D eigenvalue weighted by Gasteiger charge is 2.33. The van der Waals surface area contributed by atoms with Crippen LogP contribution < -0.4 is 5.32 Å². The van der Waals surface area contributed by atoms with Gasteiger partial charge in [-0.3, -0.25) is 9.48 Å². The minimum Gasteiger partial charge on any atom is -0.480 e. The van der Waals surface area contributed by atoms with Crippen LogP contribution in [0, 0.1) is 5.92 Å². The lowest BCUT2D eigenvalue weighted by Crippen LogP contribution is -2.46. The smallest absolute Gasteiger partial charge is 0.435 e. The molecule has 0 unspecified atom stereocenters. The van der Waals surface area contributed by atoms with Crippen molar-refractivity contribution in [3.05, 3.63) is 18.0 Å². The van der Waals surface area contributed by atoms with Crippen molar-refractivity contribution in [3.63, 3.8) is 0 Å². The maximum absolute atomic E-state index is 12.4. The van der Waals surface area contributed by atoms with Gasteiger partial charge in [-0.1, -0.05) is 20.3 Å². The highest BCUT2D eigenvalue weighted by Crippen LogP contribution is 2.27. The number of halogens is 3. The molecule has 0 aromatic carbocycles. The average Bonchev–Trinajstić information content (AvgIpc) is 2.83. The van der Waals surface area contributed by atoms with Crippen LogP contribution in [0.2, 0.25) is 0 Å². The standard InChI is InChI=1S/C12H16F3N3O3/c1-3-7(2)10(11(20)21)16-9(19)6-18-5-4-8(17-18)12(13,14)15/h4-5,7,10H,3,6H2,1-2H3,(H,16,19)(H,20,21)/t7-,10-/m0/s1. The van der Waals surface area contributed by atoms with Crippen LogP contribution in [0.25, 0.3) is 0 Å². The molecule has 0 aliphatic heterocycles. The number of carboxylic acids is 1. The van der Waals surface area contributed by atoms with Gasteiger partial charge in [0.15, 0.2) is 5.69 Å². The number of aliphatic carboxylic acids is 1. The fourth-order valence-electron chi connectivity index (χ4n) is 1.65. The Balaban J connectivity index is 2.68. The molecule has 1 rings (SSSR count). The van der Waals surface area contributed by atoms with Crippen molar-refractivity contribution in [1.29, 1.82) is 0 Å². The summed E-state index contributed by atoms with van der Waals surface area (Å²) in [7, 11) is 0. The Bertz CT molecular complexity index is 513. The second kappa shape index (κ2) is 6.59. The van der Waals surface area contributed by atoms with Crippen molar-refractivity contribution >= 4 is 11.9 Å². The van der Waals surface area contributed by atoms with Crippen LogP contribution >= 0.6 is 0 Å². The van der Waals surface area contributed by atoms with E-state index in [0.717, 1.165) is 16.9 Å². The lowest BCUT2D eigenvalue weighted by Gasteiger charge is -2.20. The first-order valence-corrected chi connectivity index (χ1v) is 6.28. The molecule has 6 nitrogen and oxygen atoms in total. The molecular formula is C12H16F3N3O3. The van der Waals surface area contributed by atoms with Crippen molar-refractivity contribution in [2.24, 2.45) is 5.92 Å². The average molecular weight is 307 g/mol. The molecule has 0 aliphatic rings. The van der Waals surface area contributed by atoms with E-state index < -0.39 is 36.3 Å². The van der Waals surface area contributed by atoms with Crippen LogP contribution in [0.1, 0.15) is 26.0 Å². The summed E-state index contributed by atoms with van der Waals surface area (Å²) in [6.07, 6.45) is -3.03. The molecule has 2 atom stereocenters. The molecule has 0 fully saturated rings. The predicted octanol–water partition coefficient (Wildman–Crippen LogP) is 1.52. The number of nitrogens with zero attached hydrogens (tertiary/aromatic N) is 2. The molecule has 1 aromatic heterocycles. The molecule has 21 heavy (non-hydrogen) atoms. The van der Waals surface area contributed by atoms with E-state index in [1.807, 2.05) is 0 Å². The maximum Gasteiger partial charge on any atom is 0.435 e. The minimum atomic E-state index is -4.58. The zero-order chi connectivity index (χ0) is 16.2. The van der Waals surface area contributed by atoms with Gasteiger partial charge in [0.05, 0.1) is 0 Å². The van der Waals surface area contributed by atoms with Crippen molar-refractivity contribution < 1.29 is 27.9 Å². The van der Waals surface area contributed by atoms with E-state index >= 15 is 0 Å². The molecule has 0 radical (unpaired) electrons. The van der Waals surface area contributed by atoms with E-state index in [-0.39, 0.29) is 5.92 Å². The molecule has 1 aromatic rings. The molecule has 0 aliphatic carbocycles. The Hall–Kier alpha value is -2.06. The SMILES string of the molecule is CC[C@H](C)[C@H](NC(=O)Cn1ccc(C(F)(F)F)n1)C(=O)O. The lowest BCUT2D eigenvalue weighted by atomic mass is 9.99. The highest BCUT2D eigenvalue weighted by atomic mass is 19.4. The number of hydrogen-bond acceptors (Lipinski definition) is 3. The van der Waals surface area contributed by atoms with Crippen LogP contribution in [0.5, 0.6) is 0 Å². The summed E-state index contributed by atoms with van der Waals surface area (Å²) < 4.78 is 37.9. The summed E-state index contributed by atoms with van der Waals surface area (Å²) in [5.74, 6) is -2.19. The van der Waals surface area contributed by atoms with Gasteiger partial charge >= 0.3 is 12.1 Å². The molecule has 0 saturated carbocycles. The summed E-state index contributed by atoms with van der Waals surface area (Å²) in [4.78, 5) is 22.7. The Morgan fingerprint density at radius 2 is 2.10 bits per heavy atom. The first kappa shape index (κ1) is 17.0. The summed E-state index contributed by atoms with van der Waals surface area (Å²) >= 11 is 0. The van der Waals surface area contributed by atoms with Crippen LogP contribution in [0.3, 0.4) is 0 Å². The van der Waals surface area contributed by atoms with Crippen LogP contribution in [-0.4, -0.2) is 32.8 Å². The van der Waals surface area contributed by atoms with Crippen LogP contribution in [0.4, 0.5) is 13.2 Å². The lowest BCUT2D eigenvalue weighted by molar-refractivity contribution is -0.143. The number of hydrogen-bond donors (Lipinski definition) is 2. The van der Waals surface area contributed by atoms with Gasteiger partial charge in [0.1, 0.15) is 12.6 Å². The number of carboxylic acid groups (broad SMARTS) is 1. The third kappa shape index (κ3) is 4.76. The van der Waals surface area contributed by atoms with Gasteiger partial charge in [-0.2, -0.15) is 18.3 Å². The van der Waals surface area contributed by atoms with Crippen molar-refractivity contribution in [2.45, 2.75) is 39.0 Å². The maximum atomic E-state index is 12.4. The molecule has 1 amide bonds. The first-order valence-electron chi connectivity index (χ1n) is 6.28. The van der Waals surface area contributed by atoms with Gasteiger partial charge in [-0.15, -0.1) is 0 Å². The largest absolute Gasteiger partial charge is 0.480 e. The van der Waals surface area contributed by atoms with Gasteiger partial charge in [-0.25, -0.2) is 4.79 Å². The van der Waals surface area contributed by atoms with Gasteiger partial charge in [-0.05, 0) is 12.0 Å². The number of carbonyl (C=O) groups is 2.